The lowest BCUT2D eigenvalue weighted by Crippen LogP contribution is -2.51. The number of hydrogen-bond donors (Lipinski definition) is 2. The molecule has 18 heavy (non-hydrogen) atoms. The molecule has 0 bridgehead atoms. The highest BCUT2D eigenvalue weighted by atomic mass is 16.6. The van der Waals surface area contributed by atoms with Crippen LogP contribution in [0.1, 0.15) is 33.3 Å². The summed E-state index contributed by atoms with van der Waals surface area (Å²) in [5, 5.41) is 24.0. The van der Waals surface area contributed by atoms with E-state index in [4.69, 9.17) is 0 Å². The average Bonchev–Trinajstić information content (AvgIpc) is 2.14. The fourth-order valence-electron chi connectivity index (χ4n) is 1.45. The maximum absolute atomic E-state index is 10.7. The fraction of sp³-hybridized carbons (Fsp3) is 0.538. The lowest BCUT2D eigenvalue weighted by molar-refractivity contribution is -0.385. The van der Waals surface area contributed by atoms with Crippen LogP contribution < -0.4 is 5.32 Å². The minimum atomic E-state index is -0.914. The predicted octanol–water partition coefficient (Wildman–Crippen LogP) is 2.86. The summed E-state index contributed by atoms with van der Waals surface area (Å²) in [7, 11) is 0. The average molecular weight is 252 g/mol. The summed E-state index contributed by atoms with van der Waals surface area (Å²) in [6.07, 6.45) is 0. The number of hydrogen-bond acceptors (Lipinski definition) is 4. The molecule has 0 fully saturated rings. The molecule has 0 aliphatic heterocycles. The van der Waals surface area contributed by atoms with Gasteiger partial charge in [-0.15, -0.1) is 0 Å². The van der Waals surface area contributed by atoms with Gasteiger partial charge in [0.1, 0.15) is 0 Å². The second kappa shape index (κ2) is 4.57. The van der Waals surface area contributed by atoms with Crippen LogP contribution in [-0.2, 0) is 0 Å². The molecule has 0 spiro atoms. The maximum Gasteiger partial charge on any atom is 0.272 e. The molecule has 2 N–H and O–H groups in total. The molecule has 1 aromatic rings. The monoisotopic (exact) mass is 252 g/mol. The summed E-state index contributed by atoms with van der Waals surface area (Å²) in [5.41, 5.74) is -0.0125. The van der Waals surface area contributed by atoms with E-state index in [2.05, 4.69) is 5.32 Å². The molecule has 0 unspecified atom stereocenters. The van der Waals surface area contributed by atoms with E-state index >= 15 is 0 Å². The first-order valence-corrected chi connectivity index (χ1v) is 5.80. The molecule has 0 saturated heterocycles. The summed E-state index contributed by atoms with van der Waals surface area (Å²) < 4.78 is 0. The van der Waals surface area contributed by atoms with Crippen LogP contribution in [0.3, 0.4) is 0 Å². The Morgan fingerprint density at radius 1 is 1.28 bits per heavy atom. The van der Waals surface area contributed by atoms with Gasteiger partial charge in [0.15, 0.2) is 0 Å². The van der Waals surface area contributed by atoms with E-state index in [9.17, 15) is 15.2 Å². The number of aryl methyl sites for hydroxylation is 1. The van der Waals surface area contributed by atoms with Crippen LogP contribution in [0.5, 0.6) is 0 Å². The maximum atomic E-state index is 10.7. The van der Waals surface area contributed by atoms with E-state index in [1.807, 2.05) is 13.8 Å². The Bertz CT molecular complexity index is 462. The van der Waals surface area contributed by atoms with Gasteiger partial charge in [0.2, 0.25) is 0 Å². The van der Waals surface area contributed by atoms with E-state index in [1.165, 1.54) is 6.07 Å². The molecular formula is C13H20N2O3. The smallest absolute Gasteiger partial charge is 0.272 e. The van der Waals surface area contributed by atoms with Gasteiger partial charge < -0.3 is 10.4 Å². The van der Waals surface area contributed by atoms with Crippen molar-refractivity contribution in [2.24, 2.45) is 0 Å². The number of rotatable bonds is 4. The van der Waals surface area contributed by atoms with Crippen molar-refractivity contribution in [1.82, 2.24) is 0 Å². The Morgan fingerprint density at radius 2 is 1.83 bits per heavy atom. The van der Waals surface area contributed by atoms with Crippen LogP contribution in [0, 0.1) is 17.0 Å². The molecule has 0 aromatic heterocycles. The minimum absolute atomic E-state index is 0.0987. The molecule has 0 radical (unpaired) electrons. The number of nitrogens with zero attached hydrogens (tertiary/aromatic N) is 1. The van der Waals surface area contributed by atoms with Gasteiger partial charge in [-0.2, -0.15) is 0 Å². The second-order valence-electron chi connectivity index (χ2n) is 5.57. The fourth-order valence-corrected chi connectivity index (χ4v) is 1.45. The van der Waals surface area contributed by atoms with Gasteiger partial charge in [0, 0.05) is 17.3 Å². The van der Waals surface area contributed by atoms with Crippen LogP contribution in [-0.4, -0.2) is 21.2 Å². The van der Waals surface area contributed by atoms with Crippen molar-refractivity contribution < 1.29 is 10.0 Å². The highest BCUT2D eigenvalue weighted by molar-refractivity contribution is 5.55. The second-order valence-corrected chi connectivity index (χ2v) is 5.57. The Labute approximate surface area is 107 Å². The lowest BCUT2D eigenvalue weighted by atomic mass is 9.85. The Kier molecular flexibility index (Phi) is 3.67. The molecule has 0 aliphatic rings. The first-order chi connectivity index (χ1) is 8.04. The van der Waals surface area contributed by atoms with Crippen molar-refractivity contribution in [2.75, 3.05) is 5.32 Å². The van der Waals surface area contributed by atoms with Gasteiger partial charge in [-0.3, -0.25) is 10.1 Å². The first-order valence-electron chi connectivity index (χ1n) is 5.80. The molecule has 0 saturated carbocycles. The van der Waals surface area contributed by atoms with Gasteiger partial charge in [-0.05, 0) is 46.8 Å². The summed E-state index contributed by atoms with van der Waals surface area (Å²) in [6.45, 7) is 8.89. The van der Waals surface area contributed by atoms with Gasteiger partial charge in [-0.1, -0.05) is 0 Å². The molecule has 5 nitrogen and oxygen atoms in total. The highest BCUT2D eigenvalue weighted by Gasteiger charge is 2.34. The molecule has 1 aromatic carbocycles. The molecule has 1 rings (SSSR count). The number of benzene rings is 1. The quantitative estimate of drug-likeness (QED) is 0.638. The van der Waals surface area contributed by atoms with Gasteiger partial charge >= 0.3 is 0 Å². The largest absolute Gasteiger partial charge is 0.388 e. The van der Waals surface area contributed by atoms with E-state index in [1.54, 1.807) is 32.9 Å². The predicted molar refractivity (Wildman–Crippen MR) is 71.8 cm³/mol. The molecule has 100 valence electrons. The first kappa shape index (κ1) is 14.4. The zero-order valence-corrected chi connectivity index (χ0v) is 11.4. The number of anilines is 1. The molecule has 0 atom stereocenters. The third-order valence-corrected chi connectivity index (χ3v) is 3.38. The Morgan fingerprint density at radius 3 is 2.22 bits per heavy atom. The summed E-state index contributed by atoms with van der Waals surface area (Å²) in [5.74, 6) is 0. The van der Waals surface area contributed by atoms with Gasteiger partial charge in [0.25, 0.3) is 5.69 Å². The Hall–Kier alpha value is -1.62. The Balaban J connectivity index is 3.01. The molecule has 5 heteroatoms. The van der Waals surface area contributed by atoms with Crippen LogP contribution in [0.25, 0.3) is 0 Å². The topological polar surface area (TPSA) is 75.4 Å². The number of nitro benzene ring substituents is 1. The molecule has 0 amide bonds. The van der Waals surface area contributed by atoms with Crippen molar-refractivity contribution in [2.45, 2.75) is 45.8 Å². The van der Waals surface area contributed by atoms with Crippen molar-refractivity contribution >= 4 is 11.4 Å². The van der Waals surface area contributed by atoms with Crippen LogP contribution >= 0.6 is 0 Å². The zero-order valence-electron chi connectivity index (χ0n) is 11.4. The van der Waals surface area contributed by atoms with E-state index < -0.39 is 16.1 Å². The minimum Gasteiger partial charge on any atom is -0.388 e. The normalized spacial score (nSPS) is 12.3. The van der Waals surface area contributed by atoms with Crippen molar-refractivity contribution in [1.29, 1.82) is 0 Å². The molecule has 0 heterocycles. The zero-order chi connectivity index (χ0) is 14.1. The van der Waals surface area contributed by atoms with Crippen molar-refractivity contribution in [3.8, 4) is 0 Å². The summed E-state index contributed by atoms with van der Waals surface area (Å²) >= 11 is 0. The highest BCUT2D eigenvalue weighted by Crippen LogP contribution is 2.28. The lowest BCUT2D eigenvalue weighted by Gasteiger charge is -2.39. The van der Waals surface area contributed by atoms with Crippen LogP contribution in [0.15, 0.2) is 18.2 Å². The number of nitrogens with one attached hydrogen (secondary N) is 1. The third kappa shape index (κ3) is 2.98. The third-order valence-electron chi connectivity index (χ3n) is 3.38. The summed E-state index contributed by atoms with van der Waals surface area (Å²) in [4.78, 5) is 10.3. The summed E-state index contributed by atoms with van der Waals surface area (Å²) in [6, 6.07) is 4.84. The van der Waals surface area contributed by atoms with Gasteiger partial charge in [-0.25, -0.2) is 0 Å². The molecule has 0 aliphatic carbocycles. The number of nitro groups is 1. The van der Waals surface area contributed by atoms with Crippen molar-refractivity contribution in [3.05, 3.63) is 33.9 Å². The standard InChI is InChI=1S/C13H20N2O3/c1-9-8-10(6-7-11(9)15(17)18)14-12(2,3)13(4,5)16/h6-8,14,16H,1-5H3. The van der Waals surface area contributed by atoms with E-state index in [0.717, 1.165) is 5.69 Å². The number of aliphatic hydroxyl groups is 1. The van der Waals surface area contributed by atoms with Crippen LogP contribution in [0.2, 0.25) is 0 Å². The van der Waals surface area contributed by atoms with E-state index in [-0.39, 0.29) is 5.69 Å². The van der Waals surface area contributed by atoms with Gasteiger partial charge in [0.05, 0.1) is 16.1 Å². The SMILES string of the molecule is Cc1cc(NC(C)(C)C(C)(C)O)ccc1[N+](=O)[O-]. The van der Waals surface area contributed by atoms with E-state index in [0.29, 0.717) is 5.56 Å². The van der Waals surface area contributed by atoms with Crippen LogP contribution in [0.4, 0.5) is 11.4 Å². The van der Waals surface area contributed by atoms with Crippen molar-refractivity contribution in [3.63, 3.8) is 0 Å². The molecular weight excluding hydrogens is 232 g/mol.